The summed E-state index contributed by atoms with van der Waals surface area (Å²) in [6.07, 6.45) is 11.3. The van der Waals surface area contributed by atoms with Gasteiger partial charge in [0.05, 0.1) is 0 Å². The van der Waals surface area contributed by atoms with E-state index in [-0.39, 0.29) is 11.1 Å². The van der Waals surface area contributed by atoms with E-state index in [0.717, 1.165) is 67.9 Å². The van der Waals surface area contributed by atoms with Gasteiger partial charge in [-0.2, -0.15) is 10.5 Å². The fourth-order valence-electron chi connectivity index (χ4n) is 6.28. The molecule has 8 nitrogen and oxygen atoms in total. The van der Waals surface area contributed by atoms with Crippen molar-refractivity contribution in [2.75, 3.05) is 9.80 Å². The predicted octanol–water partition coefficient (Wildman–Crippen LogP) is 12.0. The summed E-state index contributed by atoms with van der Waals surface area (Å²) < 4.78 is 0. The van der Waals surface area contributed by atoms with Gasteiger partial charge in [0.1, 0.15) is 23.3 Å². The first-order valence-corrected chi connectivity index (χ1v) is 19.2. The molecule has 4 aromatic carbocycles. The molecule has 2 heterocycles. The molecule has 0 spiro atoms. The molecule has 1 aliphatic rings. The van der Waals surface area contributed by atoms with Gasteiger partial charge in [0.2, 0.25) is 0 Å². The first-order valence-electron chi connectivity index (χ1n) is 17.5. The van der Waals surface area contributed by atoms with Crippen molar-refractivity contribution >= 4 is 75.2 Å². The van der Waals surface area contributed by atoms with Crippen LogP contribution in [0.3, 0.4) is 0 Å². The van der Waals surface area contributed by atoms with Crippen LogP contribution in [0.25, 0.3) is 33.0 Å². The molecule has 0 fully saturated rings. The van der Waals surface area contributed by atoms with Crippen LogP contribution >= 0.6 is 22.7 Å². The van der Waals surface area contributed by atoms with E-state index >= 15 is 0 Å². The largest absolute Gasteiger partial charge is 0.477 e. The molecule has 0 saturated carbocycles. The zero-order valence-corrected chi connectivity index (χ0v) is 31.4. The lowest BCUT2D eigenvalue weighted by Gasteiger charge is -2.29. The topological polar surface area (TPSA) is 129 Å². The van der Waals surface area contributed by atoms with Crippen LogP contribution in [0.15, 0.2) is 162 Å². The van der Waals surface area contributed by atoms with Gasteiger partial charge >= 0.3 is 11.9 Å². The van der Waals surface area contributed by atoms with Gasteiger partial charge in [0, 0.05) is 53.6 Å². The number of rotatable bonds is 12. The second-order valence-electron chi connectivity index (χ2n) is 12.6. The van der Waals surface area contributed by atoms with Gasteiger partial charge in [0.25, 0.3) is 0 Å². The van der Waals surface area contributed by atoms with E-state index in [1.165, 1.54) is 34.8 Å². The van der Waals surface area contributed by atoms with Gasteiger partial charge in [-0.1, -0.05) is 54.6 Å². The van der Waals surface area contributed by atoms with E-state index in [2.05, 4.69) is 101 Å². The highest BCUT2D eigenvalue weighted by molar-refractivity contribution is 7.16. The normalized spacial score (nSPS) is 12.6. The molecule has 0 amide bonds. The highest BCUT2D eigenvalue weighted by Crippen LogP contribution is 2.40. The Hall–Kier alpha value is -7.24. The van der Waals surface area contributed by atoms with Crippen LogP contribution in [-0.2, 0) is 9.59 Å². The fraction of sp³-hybridized carbons (Fsp3) is 0.0435. The van der Waals surface area contributed by atoms with Crippen molar-refractivity contribution in [2.45, 2.75) is 12.8 Å². The lowest BCUT2D eigenvalue weighted by Crippen LogP contribution is -2.16. The SMILES string of the molecule is N#C/C(=C\c1ccc(-c2ccc(N(C3=CCCC=C3)c3ccc(N(c4ccccc4)c4ccc(-c5ccc(/C=C(\C#N)C(=O)O)s5)cc4)cc3)cc2)s1)C(=O)O. The van der Waals surface area contributed by atoms with Crippen molar-refractivity contribution in [1.82, 2.24) is 0 Å². The minimum Gasteiger partial charge on any atom is -0.477 e. The first kappa shape index (κ1) is 37.1. The number of hydrogen-bond donors (Lipinski definition) is 2. The molecule has 0 bridgehead atoms. The molecule has 0 saturated heterocycles. The predicted molar refractivity (Wildman–Crippen MR) is 225 cm³/mol. The van der Waals surface area contributed by atoms with E-state index in [1.54, 1.807) is 12.1 Å². The summed E-state index contributed by atoms with van der Waals surface area (Å²) in [5.41, 5.74) is 7.36. The molecule has 272 valence electrons. The highest BCUT2D eigenvalue weighted by atomic mass is 32.1. The smallest absolute Gasteiger partial charge is 0.346 e. The average Bonchev–Trinajstić information content (AvgIpc) is 3.91. The van der Waals surface area contributed by atoms with Crippen molar-refractivity contribution in [3.8, 4) is 33.0 Å². The van der Waals surface area contributed by atoms with Gasteiger partial charge in [-0.05, 0) is 127 Å². The number of benzene rings is 4. The van der Waals surface area contributed by atoms with Gasteiger partial charge in [-0.3, -0.25) is 0 Å². The van der Waals surface area contributed by atoms with Crippen molar-refractivity contribution < 1.29 is 19.8 Å². The number of carboxylic acids is 2. The minimum absolute atomic E-state index is 0.301. The molecular formula is C46H32N4O4S2. The fourth-order valence-corrected chi connectivity index (χ4v) is 8.19. The number of allylic oxidation sites excluding steroid dienone is 3. The quantitative estimate of drug-likeness (QED) is 0.0930. The Kier molecular flexibility index (Phi) is 11.2. The Labute approximate surface area is 332 Å². The van der Waals surface area contributed by atoms with Crippen molar-refractivity contribution in [2.24, 2.45) is 0 Å². The van der Waals surface area contributed by atoms with Crippen LogP contribution in [0.2, 0.25) is 0 Å². The maximum absolute atomic E-state index is 11.3. The average molecular weight is 769 g/mol. The van der Waals surface area contributed by atoms with Gasteiger partial charge in [-0.15, -0.1) is 22.7 Å². The van der Waals surface area contributed by atoms with E-state index in [1.807, 2.05) is 54.6 Å². The number of anilines is 5. The first-order chi connectivity index (χ1) is 27.3. The number of thiophene rings is 2. The van der Waals surface area contributed by atoms with Gasteiger partial charge in [-0.25, -0.2) is 9.59 Å². The maximum Gasteiger partial charge on any atom is 0.346 e. The van der Waals surface area contributed by atoms with Crippen molar-refractivity contribution in [3.63, 3.8) is 0 Å². The Balaban J connectivity index is 1.18. The number of carbonyl (C=O) groups is 2. The molecule has 1 aliphatic carbocycles. The van der Waals surface area contributed by atoms with Crippen LogP contribution in [0.4, 0.5) is 28.4 Å². The van der Waals surface area contributed by atoms with E-state index in [4.69, 9.17) is 10.5 Å². The molecule has 6 aromatic rings. The molecule has 2 N–H and O–H groups in total. The number of para-hydroxylation sites is 1. The molecule has 56 heavy (non-hydrogen) atoms. The van der Waals surface area contributed by atoms with Crippen LogP contribution < -0.4 is 9.80 Å². The van der Waals surface area contributed by atoms with Crippen LogP contribution in [0, 0.1) is 22.7 Å². The van der Waals surface area contributed by atoms with Crippen LogP contribution in [0.5, 0.6) is 0 Å². The second kappa shape index (κ2) is 16.8. The summed E-state index contributed by atoms with van der Waals surface area (Å²) in [5.74, 6) is -2.49. The number of hydrogen-bond acceptors (Lipinski definition) is 8. The maximum atomic E-state index is 11.3. The molecule has 10 heteroatoms. The van der Waals surface area contributed by atoms with Gasteiger partial charge < -0.3 is 20.0 Å². The Morgan fingerprint density at radius 1 is 0.554 bits per heavy atom. The number of nitrogens with zero attached hydrogens (tertiary/aromatic N) is 4. The summed E-state index contributed by atoms with van der Waals surface area (Å²) in [7, 11) is 0. The van der Waals surface area contributed by atoms with Crippen molar-refractivity contribution in [3.05, 3.63) is 172 Å². The third-order valence-corrected chi connectivity index (χ3v) is 11.1. The molecule has 0 radical (unpaired) electrons. The summed E-state index contributed by atoms with van der Waals surface area (Å²) in [6, 6.07) is 46.1. The molecular weight excluding hydrogens is 737 g/mol. The highest BCUT2D eigenvalue weighted by Gasteiger charge is 2.18. The summed E-state index contributed by atoms with van der Waals surface area (Å²) in [5, 5.41) is 36.8. The Morgan fingerprint density at radius 3 is 1.39 bits per heavy atom. The third kappa shape index (κ3) is 8.28. The molecule has 7 rings (SSSR count). The van der Waals surface area contributed by atoms with E-state index in [9.17, 15) is 19.8 Å². The monoisotopic (exact) mass is 768 g/mol. The lowest BCUT2D eigenvalue weighted by molar-refractivity contribution is -0.133. The van der Waals surface area contributed by atoms with E-state index < -0.39 is 11.9 Å². The summed E-state index contributed by atoms with van der Waals surface area (Å²) in [6.45, 7) is 0. The van der Waals surface area contributed by atoms with Crippen LogP contribution in [0.1, 0.15) is 22.6 Å². The molecule has 0 aliphatic heterocycles. The zero-order chi connectivity index (χ0) is 39.0. The Morgan fingerprint density at radius 2 is 0.982 bits per heavy atom. The van der Waals surface area contributed by atoms with Crippen LogP contribution in [-0.4, -0.2) is 22.2 Å². The summed E-state index contributed by atoms with van der Waals surface area (Å²) in [4.78, 5) is 30.4. The van der Waals surface area contributed by atoms with Crippen molar-refractivity contribution in [1.29, 1.82) is 10.5 Å². The van der Waals surface area contributed by atoms with E-state index in [0.29, 0.717) is 9.75 Å². The Bertz CT molecular complexity index is 2600. The molecule has 0 atom stereocenters. The molecule has 0 unspecified atom stereocenters. The number of carboxylic acid groups (broad SMARTS) is 2. The summed E-state index contributed by atoms with van der Waals surface area (Å²) >= 11 is 2.85. The second-order valence-corrected chi connectivity index (χ2v) is 14.8. The minimum atomic E-state index is -1.25. The van der Waals surface area contributed by atoms with Gasteiger partial charge in [0.15, 0.2) is 0 Å². The number of aliphatic carboxylic acids is 2. The zero-order valence-electron chi connectivity index (χ0n) is 29.7. The molecule has 2 aromatic heterocycles. The standard InChI is InChI=1S/C46H32N4O4S2/c47-29-33(45(51)52)27-41-23-25-43(55-41)31-11-15-37(16-12-31)49(35-7-3-1-4-8-35)39-19-21-40(22-20-39)50(36-9-5-2-6-10-36)38-17-13-32(14-18-38)44-26-24-42(56-44)28-34(30-48)46(53)54/h1,3-5,7-28H,2,6H2,(H,51,52)(H,53,54)/b33-27+,34-28+. The lowest BCUT2D eigenvalue weighted by atomic mass is 10.1. The number of nitriles is 2. The third-order valence-electron chi connectivity index (χ3n) is 8.96.